The van der Waals surface area contributed by atoms with Gasteiger partial charge < -0.3 is 50.2 Å². The first-order valence-electron chi connectivity index (χ1n) is 25.6. The number of ketones is 2. The molecule has 3 aliphatic heterocycles. The van der Waals surface area contributed by atoms with E-state index in [1.807, 2.05) is 70.2 Å². The number of hydrogen-bond donors (Lipinski definition) is 5. The van der Waals surface area contributed by atoms with Crippen molar-refractivity contribution in [2.24, 2.45) is 35.3 Å². The second kappa shape index (κ2) is 26.8. The van der Waals surface area contributed by atoms with E-state index in [-0.39, 0.29) is 48.6 Å². The Bertz CT molecular complexity index is 2030. The first-order chi connectivity index (χ1) is 33.3. The van der Waals surface area contributed by atoms with Crippen LogP contribution in [-0.4, -0.2) is 125 Å². The van der Waals surface area contributed by atoms with Crippen LogP contribution in [0.4, 0.5) is 5.69 Å². The number of halogens is 1. The normalized spacial score (nSPS) is 38.2. The van der Waals surface area contributed by atoms with Gasteiger partial charge in [0.05, 0.1) is 18.3 Å². The number of nitrogens with zero attached hydrogens (tertiary/aromatic N) is 1. The van der Waals surface area contributed by atoms with Crippen LogP contribution in [0.15, 0.2) is 71.9 Å². The average Bonchev–Trinajstić information content (AvgIpc) is 3.33. The molecule has 4 aliphatic rings. The molecule has 1 aliphatic carbocycles. The van der Waals surface area contributed by atoms with E-state index in [1.165, 1.54) is 12.0 Å². The van der Waals surface area contributed by atoms with Crippen LogP contribution in [0.5, 0.6) is 0 Å². The fourth-order valence-electron chi connectivity index (χ4n) is 10.8. The van der Waals surface area contributed by atoms with E-state index >= 15 is 0 Å². The number of rotatable bonds is 7. The number of aliphatic hydroxyl groups excluding tert-OH is 2. The van der Waals surface area contributed by atoms with Crippen molar-refractivity contribution in [3.63, 3.8) is 0 Å². The first-order valence-corrected chi connectivity index (χ1v) is 26.0. The molecule has 3 fully saturated rings. The highest BCUT2D eigenvalue weighted by Crippen LogP contribution is 2.38. The lowest BCUT2D eigenvalue weighted by Gasteiger charge is -2.43. The molecule has 0 aromatic heterocycles. The van der Waals surface area contributed by atoms with Crippen LogP contribution in [-0.2, 0) is 38.1 Å². The lowest BCUT2D eigenvalue weighted by molar-refractivity contribution is -0.263. The van der Waals surface area contributed by atoms with Gasteiger partial charge >= 0.3 is 5.97 Å². The summed E-state index contributed by atoms with van der Waals surface area (Å²) in [5, 5.41) is 38.3. The van der Waals surface area contributed by atoms with Gasteiger partial charge in [-0.15, -0.1) is 0 Å². The van der Waals surface area contributed by atoms with E-state index in [0.717, 1.165) is 17.7 Å². The third kappa shape index (κ3) is 15.4. The zero-order valence-corrected chi connectivity index (χ0v) is 43.5. The van der Waals surface area contributed by atoms with Gasteiger partial charge in [-0.25, -0.2) is 4.79 Å². The summed E-state index contributed by atoms with van der Waals surface area (Å²) < 4.78 is 24.0. The van der Waals surface area contributed by atoms with Gasteiger partial charge in [-0.3, -0.25) is 14.4 Å². The number of ether oxygens (including phenoxy) is 4. The molecule has 0 spiro atoms. The van der Waals surface area contributed by atoms with Crippen molar-refractivity contribution in [1.29, 1.82) is 0 Å². The molecule has 1 aromatic rings. The van der Waals surface area contributed by atoms with Crippen LogP contribution in [0.1, 0.15) is 125 Å². The number of Topliss-reactive ketones (excluding diaryl/α,β-unsaturated/α-hetero) is 2. The second-order valence-corrected chi connectivity index (χ2v) is 21.3. The minimum Gasteiger partial charge on any atom is -0.461 e. The number of methoxy groups -OCH3 is 2. The minimum absolute atomic E-state index is 0.0271. The van der Waals surface area contributed by atoms with Gasteiger partial charge in [-0.05, 0) is 145 Å². The van der Waals surface area contributed by atoms with Gasteiger partial charge in [0.2, 0.25) is 5.79 Å². The SMILES string of the molecule is COC1CC(C[C@@H](C)[C@@H]2CC[C@H](N)/C=C(\C)C(O)[C@@H](OC)C(=O)C(C)C[C@H](C)/C=C/C=C/C=C(\C)[C@@H](Nc3ccc(Cl)cc3)CC3CCC(C)C(O)(O3)C(=O)C(=O)N3CCCCC3C(=O)O2)CC[C@H]1O. The Kier molecular flexibility index (Phi) is 21.9. The molecule has 14 nitrogen and oxygen atoms in total. The number of benzene rings is 1. The number of carbonyl (C=O) groups excluding carboxylic acids is 4. The number of esters is 1. The zero-order chi connectivity index (χ0) is 51.3. The molecule has 15 heteroatoms. The van der Waals surface area contributed by atoms with E-state index in [9.17, 15) is 34.5 Å². The molecule has 15 atom stereocenters. The number of aliphatic hydroxyl groups is 3. The highest BCUT2D eigenvalue weighted by Gasteiger charge is 2.53. The Labute approximate surface area is 421 Å². The van der Waals surface area contributed by atoms with Crippen LogP contribution < -0.4 is 11.1 Å². The maximum absolute atomic E-state index is 14.5. The molecule has 0 radical (unpaired) electrons. The van der Waals surface area contributed by atoms with E-state index in [0.29, 0.717) is 81.2 Å². The van der Waals surface area contributed by atoms with Gasteiger partial charge in [0.25, 0.3) is 11.7 Å². The summed E-state index contributed by atoms with van der Waals surface area (Å²) in [6.45, 7) is 11.4. The predicted molar refractivity (Wildman–Crippen MR) is 272 cm³/mol. The van der Waals surface area contributed by atoms with Crippen molar-refractivity contribution in [1.82, 2.24) is 4.90 Å². The van der Waals surface area contributed by atoms with Crippen molar-refractivity contribution in [3.8, 4) is 0 Å². The topological polar surface area (TPSA) is 207 Å². The quantitative estimate of drug-likeness (QED) is 0.101. The monoisotopic (exact) mass is 996 g/mol. The number of carbonyl (C=O) groups is 4. The first kappa shape index (κ1) is 57.2. The van der Waals surface area contributed by atoms with Crippen LogP contribution in [0.25, 0.3) is 0 Å². The molecule has 2 bridgehead atoms. The largest absolute Gasteiger partial charge is 0.461 e. The molecular weight excluding hydrogens is 914 g/mol. The molecule has 3 heterocycles. The highest BCUT2D eigenvalue weighted by molar-refractivity contribution is 6.39. The number of piperidine rings is 1. The number of amides is 1. The summed E-state index contributed by atoms with van der Waals surface area (Å²) in [4.78, 5) is 58.4. The Morgan fingerprint density at radius 1 is 0.886 bits per heavy atom. The smallest absolute Gasteiger partial charge is 0.329 e. The third-order valence-electron chi connectivity index (χ3n) is 15.3. The maximum atomic E-state index is 14.5. The van der Waals surface area contributed by atoms with Crippen molar-refractivity contribution in [2.75, 3.05) is 26.1 Å². The van der Waals surface area contributed by atoms with Crippen LogP contribution in [0, 0.1) is 29.6 Å². The molecule has 70 heavy (non-hydrogen) atoms. The third-order valence-corrected chi connectivity index (χ3v) is 15.5. The Morgan fingerprint density at radius 3 is 2.31 bits per heavy atom. The second-order valence-electron chi connectivity index (χ2n) is 20.9. The van der Waals surface area contributed by atoms with Crippen molar-refractivity contribution < 1.29 is 53.4 Å². The number of nitrogens with two attached hydrogens (primary N) is 1. The average molecular weight is 997 g/mol. The fourth-order valence-corrected chi connectivity index (χ4v) is 10.9. The van der Waals surface area contributed by atoms with Crippen LogP contribution in [0.3, 0.4) is 0 Å². The molecule has 1 aromatic carbocycles. The van der Waals surface area contributed by atoms with E-state index in [2.05, 4.69) is 5.32 Å². The van der Waals surface area contributed by atoms with Gasteiger partial charge in [0.15, 0.2) is 5.78 Å². The van der Waals surface area contributed by atoms with E-state index in [4.69, 9.17) is 36.3 Å². The summed E-state index contributed by atoms with van der Waals surface area (Å²) in [5.41, 5.74) is 8.93. The van der Waals surface area contributed by atoms with Crippen molar-refractivity contribution in [2.45, 2.75) is 186 Å². The molecular formula is C55H82ClN3O11. The summed E-state index contributed by atoms with van der Waals surface area (Å²) in [6, 6.07) is 5.35. The summed E-state index contributed by atoms with van der Waals surface area (Å²) in [7, 11) is 3.01. The zero-order valence-electron chi connectivity index (χ0n) is 42.8. The number of nitrogens with one attached hydrogen (secondary N) is 1. The highest BCUT2D eigenvalue weighted by atomic mass is 35.5. The number of hydrogen-bond acceptors (Lipinski definition) is 13. The van der Waals surface area contributed by atoms with Crippen molar-refractivity contribution >= 4 is 40.7 Å². The Hall–Kier alpha value is -3.73. The van der Waals surface area contributed by atoms with Gasteiger partial charge in [0, 0.05) is 55.4 Å². The number of allylic oxidation sites excluding steroid dienone is 5. The lowest BCUT2D eigenvalue weighted by Crippen LogP contribution is -2.61. The molecule has 5 rings (SSSR count). The summed E-state index contributed by atoms with van der Waals surface area (Å²) >= 11 is 6.22. The molecule has 8 unspecified atom stereocenters. The molecule has 1 amide bonds. The van der Waals surface area contributed by atoms with Gasteiger partial charge in [-0.1, -0.05) is 81.3 Å². The van der Waals surface area contributed by atoms with E-state index in [1.54, 1.807) is 39.2 Å². The number of cyclic esters (lactones) is 1. The maximum Gasteiger partial charge on any atom is 0.329 e. The summed E-state index contributed by atoms with van der Waals surface area (Å²) in [6.07, 6.45) is 13.7. The number of fused-ring (bicyclic) bond motifs is 3. The molecule has 1 saturated carbocycles. The fraction of sp³-hybridized carbons (Fsp3) is 0.673. The Morgan fingerprint density at radius 2 is 1.61 bits per heavy atom. The Balaban J connectivity index is 1.48. The van der Waals surface area contributed by atoms with Gasteiger partial charge in [0.1, 0.15) is 24.4 Å². The van der Waals surface area contributed by atoms with Crippen molar-refractivity contribution in [3.05, 3.63) is 76.9 Å². The van der Waals surface area contributed by atoms with Crippen LogP contribution in [0.2, 0.25) is 5.02 Å². The van der Waals surface area contributed by atoms with Crippen LogP contribution >= 0.6 is 11.6 Å². The minimum atomic E-state index is -2.43. The number of anilines is 1. The molecule has 390 valence electrons. The summed E-state index contributed by atoms with van der Waals surface area (Å²) in [5.74, 6) is -6.44. The van der Waals surface area contributed by atoms with Gasteiger partial charge in [-0.2, -0.15) is 0 Å². The predicted octanol–water partition coefficient (Wildman–Crippen LogP) is 7.81. The van der Waals surface area contributed by atoms with E-state index < -0.39 is 77.9 Å². The standard InChI is InChI=1S/C55H82ClN3O11/c1-33-14-10-9-11-15-34(2)44(58-42-22-19-40(56)20-23-42)32-43-24-17-38(6)55(66,70-43)52(63)53(64)59-27-13-12-16-45(59)54(65)69-47(35(3)29-39-18-25-46(60)48(31-39)67-7)26-21-41(57)30-37(5)50(62)51(68-8)49(61)36(4)28-33/h9-11,14-15,19-20,22-23,30,33,35-36,38-39,41,43-48,50-51,58,60,62,66H,12-13,16-18,21,24-29,31-32,57H2,1-8H3/b11-9+,14-10+,34-15+,37-30+/t33-,35-,36?,38?,39?,41+,43?,44+,45?,46-,47+,48?,50?,51+,55?/m1/s1. The molecule has 6 N–H and O–H groups in total. The molecule has 2 saturated heterocycles. The lowest BCUT2D eigenvalue weighted by atomic mass is 9.78.